The third-order valence-electron chi connectivity index (χ3n) is 10.5. The summed E-state index contributed by atoms with van der Waals surface area (Å²) < 4.78 is 0. The molecular weight excluding hydrogens is 701 g/mol. The molecule has 0 saturated heterocycles. The Kier molecular flexibility index (Phi) is 10.5. The van der Waals surface area contributed by atoms with Crippen molar-refractivity contribution in [3.05, 3.63) is 262 Å². The molecule has 0 saturated carbocycles. The molecule has 2 heteroatoms. The van der Waals surface area contributed by atoms with Crippen LogP contribution in [0.2, 0.25) is 0 Å². The zero-order valence-corrected chi connectivity index (χ0v) is 32.0. The van der Waals surface area contributed by atoms with Crippen LogP contribution in [0.15, 0.2) is 207 Å². The van der Waals surface area contributed by atoms with E-state index in [-0.39, 0.29) is 0 Å². The van der Waals surface area contributed by atoms with Gasteiger partial charge in [-0.1, -0.05) is 194 Å². The molecule has 9 rings (SSSR count). The summed E-state index contributed by atoms with van der Waals surface area (Å²) in [5.74, 6) is 0. The van der Waals surface area contributed by atoms with Gasteiger partial charge in [-0.15, -0.1) is 0 Å². The average molecular weight is 741 g/mol. The number of benzene rings is 7. The van der Waals surface area contributed by atoms with E-state index in [0.717, 1.165) is 55.9 Å². The topological polar surface area (TPSA) is 25.8 Å². The quantitative estimate of drug-likeness (QED) is 0.103. The van der Waals surface area contributed by atoms with E-state index in [2.05, 4.69) is 206 Å². The average Bonchev–Trinajstić information content (AvgIpc) is 3.30. The molecule has 2 nitrogen and oxygen atoms in total. The molecule has 2 heterocycles. The van der Waals surface area contributed by atoms with Crippen molar-refractivity contribution in [3.8, 4) is 0 Å². The second-order valence-electron chi connectivity index (χ2n) is 14.1. The van der Waals surface area contributed by atoms with E-state index in [1.54, 1.807) is 0 Å². The van der Waals surface area contributed by atoms with Gasteiger partial charge in [0.25, 0.3) is 0 Å². The van der Waals surface area contributed by atoms with E-state index >= 15 is 0 Å². The lowest BCUT2D eigenvalue weighted by atomic mass is 9.90. The Morgan fingerprint density at radius 1 is 0.293 bits per heavy atom. The zero-order chi connectivity index (χ0) is 38.9. The van der Waals surface area contributed by atoms with Crippen molar-refractivity contribution in [3.63, 3.8) is 0 Å². The summed E-state index contributed by atoms with van der Waals surface area (Å²) in [6.45, 7) is 0. The Labute approximate surface area is 340 Å². The van der Waals surface area contributed by atoms with Gasteiger partial charge in [-0.05, 0) is 102 Å². The summed E-state index contributed by atoms with van der Waals surface area (Å²) in [7, 11) is 0. The Balaban J connectivity index is 1.14. The molecule has 2 aromatic heterocycles. The van der Waals surface area contributed by atoms with Gasteiger partial charge in [0.15, 0.2) is 0 Å². The maximum absolute atomic E-state index is 4.73. The van der Waals surface area contributed by atoms with Crippen molar-refractivity contribution in [2.24, 2.45) is 0 Å². The number of hydrogen-bond donors (Lipinski definition) is 0. The molecule has 0 radical (unpaired) electrons. The van der Waals surface area contributed by atoms with Gasteiger partial charge in [0.05, 0.1) is 11.4 Å². The van der Waals surface area contributed by atoms with Crippen LogP contribution in [0.5, 0.6) is 0 Å². The summed E-state index contributed by atoms with van der Waals surface area (Å²) >= 11 is 0. The minimum atomic E-state index is 0.941. The van der Waals surface area contributed by atoms with E-state index in [1.165, 1.54) is 32.7 Å². The van der Waals surface area contributed by atoms with Crippen LogP contribution < -0.4 is 0 Å². The molecule has 58 heavy (non-hydrogen) atoms. The number of rotatable bonds is 10. The molecule has 7 aromatic carbocycles. The molecular formula is C56H40N2. The Morgan fingerprint density at radius 2 is 0.621 bits per heavy atom. The van der Waals surface area contributed by atoms with Crippen molar-refractivity contribution < 1.29 is 0 Å². The highest BCUT2D eigenvalue weighted by Gasteiger charge is 2.13. The SMILES string of the molecule is C(=Cc1c2ccccc2c(C=Cc2ccccc2C=C(c2ccccc2)c2ccccn2)c2ccccc12)c1ccccc1C=C(c1ccccc1)c1ccccn1. The summed E-state index contributed by atoms with van der Waals surface area (Å²) in [6, 6.07) is 67.8. The lowest BCUT2D eigenvalue weighted by Gasteiger charge is -2.14. The maximum Gasteiger partial charge on any atom is 0.0708 e. The van der Waals surface area contributed by atoms with Crippen LogP contribution in [0.3, 0.4) is 0 Å². The molecule has 0 N–H and O–H groups in total. The van der Waals surface area contributed by atoms with Crippen LogP contribution in [-0.2, 0) is 0 Å². The largest absolute Gasteiger partial charge is 0.256 e. The fraction of sp³-hybridized carbons (Fsp3) is 0. The highest BCUT2D eigenvalue weighted by atomic mass is 14.7. The minimum absolute atomic E-state index is 0.941. The number of fused-ring (bicyclic) bond motifs is 2. The van der Waals surface area contributed by atoms with Gasteiger partial charge < -0.3 is 0 Å². The van der Waals surface area contributed by atoms with Gasteiger partial charge >= 0.3 is 0 Å². The standard InChI is InChI=1S/C56H40N2/c1-3-21-43(22-4-1)53(55-31-15-17-37-57-55)39-45-25-9-7-19-41(45)33-35-51-47-27-11-13-29-49(47)52(50-30-14-12-28-48(50)51)36-34-42-20-8-10-26-46(42)40-54(44-23-5-2-6-24-44)56-32-16-18-38-58-56/h1-40H. The summed E-state index contributed by atoms with van der Waals surface area (Å²) in [5.41, 5.74) is 13.2. The molecule has 274 valence electrons. The van der Waals surface area contributed by atoms with Crippen molar-refractivity contribution in [1.82, 2.24) is 9.97 Å². The molecule has 0 aliphatic rings. The molecule has 0 spiro atoms. The first-order chi connectivity index (χ1) is 28.8. The number of aromatic nitrogens is 2. The number of hydrogen-bond acceptors (Lipinski definition) is 2. The molecule has 0 bridgehead atoms. The van der Waals surface area contributed by atoms with Crippen molar-refractivity contribution in [1.29, 1.82) is 0 Å². The highest BCUT2D eigenvalue weighted by molar-refractivity contribution is 6.14. The lowest BCUT2D eigenvalue weighted by Crippen LogP contribution is -1.92. The van der Waals surface area contributed by atoms with Gasteiger partial charge in [-0.25, -0.2) is 0 Å². The lowest BCUT2D eigenvalue weighted by molar-refractivity contribution is 1.27. The van der Waals surface area contributed by atoms with E-state index in [9.17, 15) is 0 Å². The fourth-order valence-electron chi connectivity index (χ4n) is 7.69. The third kappa shape index (κ3) is 7.73. The Morgan fingerprint density at radius 3 is 0.983 bits per heavy atom. The highest BCUT2D eigenvalue weighted by Crippen LogP contribution is 2.36. The van der Waals surface area contributed by atoms with Gasteiger partial charge in [-0.3, -0.25) is 9.97 Å². The van der Waals surface area contributed by atoms with E-state index in [4.69, 9.17) is 9.97 Å². The van der Waals surface area contributed by atoms with Crippen LogP contribution in [0.4, 0.5) is 0 Å². The molecule has 0 fully saturated rings. The summed E-state index contributed by atoms with van der Waals surface area (Å²) in [5, 5.41) is 4.83. The molecule has 0 aliphatic heterocycles. The van der Waals surface area contributed by atoms with Gasteiger partial charge in [0.1, 0.15) is 0 Å². The van der Waals surface area contributed by atoms with Crippen LogP contribution >= 0.6 is 0 Å². The summed E-state index contributed by atoms with van der Waals surface area (Å²) in [6.07, 6.45) is 17.3. The molecule has 0 unspecified atom stereocenters. The first kappa shape index (κ1) is 36.0. The Hall–Kier alpha value is -7.68. The fourth-order valence-corrected chi connectivity index (χ4v) is 7.69. The van der Waals surface area contributed by atoms with E-state index in [0.29, 0.717) is 0 Å². The van der Waals surface area contributed by atoms with E-state index in [1.807, 2.05) is 36.7 Å². The molecule has 0 aliphatic carbocycles. The van der Waals surface area contributed by atoms with Crippen LogP contribution in [0.25, 0.3) is 69.1 Å². The predicted octanol–water partition coefficient (Wildman–Crippen LogP) is 14.3. The zero-order valence-electron chi connectivity index (χ0n) is 32.0. The van der Waals surface area contributed by atoms with Gasteiger partial charge in [-0.2, -0.15) is 0 Å². The van der Waals surface area contributed by atoms with Crippen LogP contribution in [0, 0.1) is 0 Å². The van der Waals surface area contributed by atoms with Crippen LogP contribution in [0.1, 0.15) is 55.9 Å². The molecule has 0 atom stereocenters. The monoisotopic (exact) mass is 740 g/mol. The first-order valence-electron chi connectivity index (χ1n) is 19.6. The van der Waals surface area contributed by atoms with Crippen molar-refractivity contribution >= 4 is 69.1 Å². The van der Waals surface area contributed by atoms with Gasteiger partial charge in [0.2, 0.25) is 0 Å². The van der Waals surface area contributed by atoms with E-state index < -0.39 is 0 Å². The molecule has 0 amide bonds. The maximum atomic E-state index is 4.73. The smallest absolute Gasteiger partial charge is 0.0708 e. The molecule has 9 aromatic rings. The summed E-state index contributed by atoms with van der Waals surface area (Å²) in [4.78, 5) is 9.46. The second kappa shape index (κ2) is 17.0. The number of nitrogens with zero attached hydrogens (tertiary/aromatic N) is 2. The van der Waals surface area contributed by atoms with Crippen molar-refractivity contribution in [2.45, 2.75) is 0 Å². The van der Waals surface area contributed by atoms with Crippen molar-refractivity contribution in [2.75, 3.05) is 0 Å². The Bertz CT molecular complexity index is 2620. The van der Waals surface area contributed by atoms with Crippen LogP contribution in [-0.4, -0.2) is 9.97 Å². The third-order valence-corrected chi connectivity index (χ3v) is 10.5. The second-order valence-corrected chi connectivity index (χ2v) is 14.1. The predicted molar refractivity (Wildman–Crippen MR) is 247 cm³/mol. The minimum Gasteiger partial charge on any atom is -0.256 e. The number of pyridine rings is 2. The first-order valence-corrected chi connectivity index (χ1v) is 19.6. The normalized spacial score (nSPS) is 12.2. The van der Waals surface area contributed by atoms with Gasteiger partial charge in [0, 0.05) is 23.5 Å².